The molecule has 4 heteroatoms. The molecule has 1 unspecified atom stereocenters. The average molecular weight is 286 g/mol. The minimum atomic E-state index is -0.595. The topological polar surface area (TPSA) is 62.1 Å². The molecule has 0 aliphatic heterocycles. The first-order valence-electron chi connectivity index (χ1n) is 7.67. The molecular weight excluding hydrogens is 264 g/mol. The summed E-state index contributed by atoms with van der Waals surface area (Å²) in [6.07, 6.45) is 6.37. The van der Waals surface area contributed by atoms with Crippen LogP contribution < -0.4 is 10.1 Å². The number of amides is 1. The maximum atomic E-state index is 12.2. The van der Waals surface area contributed by atoms with Gasteiger partial charge in [-0.15, -0.1) is 0 Å². The van der Waals surface area contributed by atoms with Gasteiger partial charge in [-0.2, -0.15) is 5.26 Å². The highest BCUT2D eigenvalue weighted by Crippen LogP contribution is 2.19. The molecule has 0 bridgehead atoms. The van der Waals surface area contributed by atoms with Gasteiger partial charge in [0.05, 0.1) is 5.56 Å². The lowest BCUT2D eigenvalue weighted by molar-refractivity contribution is -0.128. The van der Waals surface area contributed by atoms with E-state index in [4.69, 9.17) is 10.00 Å². The standard InChI is InChI=1S/C17H22N2O2/c1-13(21-16-11-7-6-8-14(16)12-18)17(20)19-15-9-4-2-3-5-10-15/h6-8,11,13,15H,2-5,9-10H2,1H3,(H,19,20). The minimum Gasteiger partial charge on any atom is -0.480 e. The van der Waals surface area contributed by atoms with Crippen molar-refractivity contribution in [3.63, 3.8) is 0 Å². The van der Waals surface area contributed by atoms with Crippen molar-refractivity contribution >= 4 is 5.91 Å². The van der Waals surface area contributed by atoms with E-state index in [0.717, 1.165) is 12.8 Å². The van der Waals surface area contributed by atoms with Gasteiger partial charge >= 0.3 is 0 Å². The molecule has 1 N–H and O–H groups in total. The van der Waals surface area contributed by atoms with Crippen LogP contribution in [0.25, 0.3) is 0 Å². The first kappa shape index (κ1) is 15.4. The first-order valence-corrected chi connectivity index (χ1v) is 7.67. The van der Waals surface area contributed by atoms with Crippen LogP contribution >= 0.6 is 0 Å². The van der Waals surface area contributed by atoms with Crippen molar-refractivity contribution in [2.45, 2.75) is 57.6 Å². The second kappa shape index (κ2) is 7.68. The predicted octanol–water partition coefficient (Wildman–Crippen LogP) is 3.16. The fraction of sp³-hybridized carbons (Fsp3) is 0.529. The fourth-order valence-corrected chi connectivity index (χ4v) is 2.65. The molecular formula is C17H22N2O2. The highest BCUT2D eigenvalue weighted by molar-refractivity contribution is 5.81. The SMILES string of the molecule is CC(Oc1ccccc1C#N)C(=O)NC1CCCCCC1. The van der Waals surface area contributed by atoms with E-state index in [1.807, 2.05) is 0 Å². The third-order valence-corrected chi connectivity index (χ3v) is 3.88. The van der Waals surface area contributed by atoms with Gasteiger partial charge in [0.25, 0.3) is 5.91 Å². The van der Waals surface area contributed by atoms with Gasteiger partial charge < -0.3 is 10.1 Å². The average Bonchev–Trinajstić information content (AvgIpc) is 2.76. The molecule has 0 aromatic heterocycles. The summed E-state index contributed by atoms with van der Waals surface area (Å²) in [7, 11) is 0. The summed E-state index contributed by atoms with van der Waals surface area (Å²) in [6.45, 7) is 1.72. The molecule has 0 radical (unpaired) electrons. The number of carbonyl (C=O) groups excluding carboxylic acids is 1. The van der Waals surface area contributed by atoms with Gasteiger partial charge in [-0.25, -0.2) is 0 Å². The Bertz CT molecular complexity index is 514. The van der Waals surface area contributed by atoms with Crippen molar-refractivity contribution in [3.8, 4) is 11.8 Å². The Hall–Kier alpha value is -2.02. The number of benzene rings is 1. The number of carbonyl (C=O) groups is 1. The third-order valence-electron chi connectivity index (χ3n) is 3.88. The van der Waals surface area contributed by atoms with Crippen molar-refractivity contribution in [1.29, 1.82) is 5.26 Å². The van der Waals surface area contributed by atoms with Crippen molar-refractivity contribution in [2.24, 2.45) is 0 Å². The molecule has 2 rings (SSSR count). The summed E-state index contributed by atoms with van der Waals surface area (Å²) in [5.41, 5.74) is 0.451. The maximum Gasteiger partial charge on any atom is 0.260 e. The van der Waals surface area contributed by atoms with Gasteiger partial charge in [0.2, 0.25) is 0 Å². The van der Waals surface area contributed by atoms with E-state index in [1.165, 1.54) is 25.7 Å². The number of hydrogen-bond donors (Lipinski definition) is 1. The van der Waals surface area contributed by atoms with E-state index < -0.39 is 6.10 Å². The molecule has 0 spiro atoms. The molecule has 0 saturated heterocycles. The van der Waals surface area contributed by atoms with Crippen LogP contribution in [-0.2, 0) is 4.79 Å². The zero-order valence-electron chi connectivity index (χ0n) is 12.5. The third kappa shape index (κ3) is 4.49. The second-order valence-electron chi connectivity index (χ2n) is 5.57. The van der Waals surface area contributed by atoms with Gasteiger partial charge in [0, 0.05) is 6.04 Å². The number of ether oxygens (including phenoxy) is 1. The second-order valence-corrected chi connectivity index (χ2v) is 5.57. The number of nitrogens with one attached hydrogen (secondary N) is 1. The Balaban J connectivity index is 1.91. The smallest absolute Gasteiger partial charge is 0.260 e. The summed E-state index contributed by atoms with van der Waals surface area (Å²) in [6, 6.07) is 9.31. The Morgan fingerprint density at radius 2 is 1.95 bits per heavy atom. The minimum absolute atomic E-state index is 0.102. The van der Waals surface area contributed by atoms with Crippen LogP contribution in [0.5, 0.6) is 5.75 Å². The molecule has 1 aliphatic rings. The van der Waals surface area contributed by atoms with Crippen LogP contribution in [0.2, 0.25) is 0 Å². The normalized spacial score (nSPS) is 17.3. The van der Waals surface area contributed by atoms with E-state index in [-0.39, 0.29) is 11.9 Å². The Labute approximate surface area is 126 Å². The van der Waals surface area contributed by atoms with E-state index in [2.05, 4.69) is 11.4 Å². The van der Waals surface area contributed by atoms with E-state index in [9.17, 15) is 4.79 Å². The molecule has 1 aliphatic carbocycles. The van der Waals surface area contributed by atoms with Crippen LogP contribution in [0.4, 0.5) is 0 Å². The van der Waals surface area contributed by atoms with Crippen molar-refractivity contribution in [3.05, 3.63) is 29.8 Å². The van der Waals surface area contributed by atoms with Gasteiger partial charge in [0.15, 0.2) is 6.10 Å². The van der Waals surface area contributed by atoms with Crippen LogP contribution in [0.1, 0.15) is 51.0 Å². The first-order chi connectivity index (χ1) is 10.2. The molecule has 4 nitrogen and oxygen atoms in total. The van der Waals surface area contributed by atoms with Crippen LogP contribution in [0.3, 0.4) is 0 Å². The number of rotatable bonds is 4. The Kier molecular flexibility index (Phi) is 5.62. The van der Waals surface area contributed by atoms with E-state index in [1.54, 1.807) is 31.2 Å². The summed E-state index contributed by atoms with van der Waals surface area (Å²) >= 11 is 0. The monoisotopic (exact) mass is 286 g/mol. The Morgan fingerprint density at radius 1 is 1.29 bits per heavy atom. The van der Waals surface area contributed by atoms with Gasteiger partial charge in [0.1, 0.15) is 11.8 Å². The molecule has 1 saturated carbocycles. The van der Waals surface area contributed by atoms with Crippen LogP contribution in [0, 0.1) is 11.3 Å². The fourth-order valence-electron chi connectivity index (χ4n) is 2.65. The largest absolute Gasteiger partial charge is 0.480 e. The number of nitriles is 1. The summed E-state index contributed by atoms with van der Waals surface area (Å²) in [5.74, 6) is 0.359. The molecule has 1 amide bonds. The Morgan fingerprint density at radius 3 is 2.62 bits per heavy atom. The zero-order chi connectivity index (χ0) is 15.1. The van der Waals surface area contributed by atoms with E-state index >= 15 is 0 Å². The lowest BCUT2D eigenvalue weighted by Crippen LogP contribution is -2.42. The highest BCUT2D eigenvalue weighted by atomic mass is 16.5. The summed E-state index contributed by atoms with van der Waals surface area (Å²) < 4.78 is 5.64. The van der Waals surface area contributed by atoms with E-state index in [0.29, 0.717) is 11.3 Å². The van der Waals surface area contributed by atoms with Crippen LogP contribution in [-0.4, -0.2) is 18.1 Å². The lowest BCUT2D eigenvalue weighted by Gasteiger charge is -2.20. The molecule has 1 aromatic rings. The zero-order valence-corrected chi connectivity index (χ0v) is 12.5. The number of hydrogen-bond acceptors (Lipinski definition) is 3. The predicted molar refractivity (Wildman–Crippen MR) is 80.9 cm³/mol. The van der Waals surface area contributed by atoms with Gasteiger partial charge in [-0.05, 0) is 31.9 Å². The molecule has 112 valence electrons. The number of nitrogens with zero attached hydrogens (tertiary/aromatic N) is 1. The highest BCUT2D eigenvalue weighted by Gasteiger charge is 2.20. The van der Waals surface area contributed by atoms with Gasteiger partial charge in [-0.3, -0.25) is 4.79 Å². The van der Waals surface area contributed by atoms with Crippen LogP contribution in [0.15, 0.2) is 24.3 Å². The molecule has 1 atom stereocenters. The molecule has 1 aromatic carbocycles. The lowest BCUT2D eigenvalue weighted by atomic mass is 10.1. The number of para-hydroxylation sites is 1. The molecule has 21 heavy (non-hydrogen) atoms. The maximum absolute atomic E-state index is 12.2. The molecule has 1 fully saturated rings. The van der Waals surface area contributed by atoms with Crippen molar-refractivity contribution < 1.29 is 9.53 Å². The summed E-state index contributed by atoms with van der Waals surface area (Å²) in [5, 5.41) is 12.1. The van der Waals surface area contributed by atoms with Gasteiger partial charge in [-0.1, -0.05) is 37.8 Å². The summed E-state index contributed by atoms with van der Waals surface area (Å²) in [4.78, 5) is 12.2. The quantitative estimate of drug-likeness (QED) is 0.865. The van der Waals surface area contributed by atoms with Crippen molar-refractivity contribution in [1.82, 2.24) is 5.32 Å². The van der Waals surface area contributed by atoms with Crippen molar-refractivity contribution in [2.75, 3.05) is 0 Å². The molecule has 0 heterocycles.